The van der Waals surface area contributed by atoms with E-state index >= 15 is 0 Å². The minimum Gasteiger partial charge on any atom is -0.392 e. The number of nitrogens with zero attached hydrogens (tertiary/aromatic N) is 3. The number of aromatic nitrogens is 2. The van der Waals surface area contributed by atoms with E-state index in [4.69, 9.17) is 0 Å². The third-order valence-electron chi connectivity index (χ3n) is 3.53. The number of aliphatic hydroxyl groups is 1. The van der Waals surface area contributed by atoms with E-state index in [-0.39, 0.29) is 6.10 Å². The molecule has 2 rings (SSSR count). The molecule has 1 aliphatic rings. The normalized spacial score (nSPS) is 20.4. The van der Waals surface area contributed by atoms with Crippen molar-refractivity contribution in [1.29, 1.82) is 0 Å². The van der Waals surface area contributed by atoms with Crippen LogP contribution in [0.3, 0.4) is 0 Å². The fraction of sp³-hybridized carbons (Fsp3) is 0.714. The second-order valence-electron chi connectivity index (χ2n) is 5.15. The minimum atomic E-state index is -0.133. The van der Waals surface area contributed by atoms with Gasteiger partial charge in [0.15, 0.2) is 0 Å². The smallest absolute Gasteiger partial charge is 0.222 e. The van der Waals surface area contributed by atoms with Crippen LogP contribution in [0.5, 0.6) is 0 Å². The number of rotatable bonds is 6. The van der Waals surface area contributed by atoms with Crippen LogP contribution in [0, 0.1) is 0 Å². The lowest BCUT2D eigenvalue weighted by Crippen LogP contribution is -2.39. The van der Waals surface area contributed by atoms with Crippen molar-refractivity contribution in [2.45, 2.75) is 38.7 Å². The number of hydrogen-bond donors (Lipinski definition) is 2. The van der Waals surface area contributed by atoms with Gasteiger partial charge in [-0.05, 0) is 44.3 Å². The summed E-state index contributed by atoms with van der Waals surface area (Å²) in [6.07, 6.45) is 7.69. The summed E-state index contributed by atoms with van der Waals surface area (Å²) in [6.45, 7) is 5.93. The van der Waals surface area contributed by atoms with E-state index in [1.807, 2.05) is 12.4 Å². The van der Waals surface area contributed by atoms with Crippen LogP contribution >= 0.6 is 0 Å². The zero-order chi connectivity index (χ0) is 13.5. The van der Waals surface area contributed by atoms with Crippen LogP contribution in [0.25, 0.3) is 0 Å². The summed E-state index contributed by atoms with van der Waals surface area (Å²) in [5.74, 6) is 0.705. The van der Waals surface area contributed by atoms with Crippen molar-refractivity contribution in [3.05, 3.63) is 18.0 Å². The molecule has 0 aromatic carbocycles. The molecule has 0 bridgehead atoms. The van der Waals surface area contributed by atoms with E-state index in [1.54, 1.807) is 0 Å². The van der Waals surface area contributed by atoms with Gasteiger partial charge < -0.3 is 15.3 Å². The van der Waals surface area contributed by atoms with Crippen molar-refractivity contribution in [3.8, 4) is 0 Å². The lowest BCUT2D eigenvalue weighted by Gasteiger charge is -2.29. The third kappa shape index (κ3) is 4.76. The molecular weight excluding hydrogens is 240 g/mol. The maximum Gasteiger partial charge on any atom is 0.222 e. The quantitative estimate of drug-likeness (QED) is 0.758. The van der Waals surface area contributed by atoms with Crippen molar-refractivity contribution < 1.29 is 5.11 Å². The highest BCUT2D eigenvalue weighted by atomic mass is 16.3. The Morgan fingerprint density at radius 3 is 2.89 bits per heavy atom. The van der Waals surface area contributed by atoms with E-state index in [2.05, 4.69) is 27.1 Å². The summed E-state index contributed by atoms with van der Waals surface area (Å²) < 4.78 is 0. The summed E-state index contributed by atoms with van der Waals surface area (Å²) >= 11 is 0. The number of likely N-dealkylation sites (tertiary alicyclic amines) is 1. The predicted octanol–water partition coefficient (Wildman–Crippen LogP) is 1.30. The Hall–Kier alpha value is -1.20. The van der Waals surface area contributed by atoms with Crippen molar-refractivity contribution in [2.75, 3.05) is 31.5 Å². The molecule has 1 aromatic heterocycles. The summed E-state index contributed by atoms with van der Waals surface area (Å²) in [5, 5.41) is 12.8. The lowest BCUT2D eigenvalue weighted by atomic mass is 10.1. The lowest BCUT2D eigenvalue weighted by molar-refractivity contribution is 0.0706. The van der Waals surface area contributed by atoms with Gasteiger partial charge in [0.1, 0.15) is 0 Å². The highest BCUT2D eigenvalue weighted by Crippen LogP contribution is 2.09. The molecule has 0 saturated carbocycles. The van der Waals surface area contributed by atoms with Gasteiger partial charge in [-0.3, -0.25) is 0 Å². The number of anilines is 1. The Morgan fingerprint density at radius 2 is 2.21 bits per heavy atom. The fourth-order valence-electron chi connectivity index (χ4n) is 2.37. The minimum absolute atomic E-state index is 0.133. The second-order valence-corrected chi connectivity index (χ2v) is 5.15. The molecule has 19 heavy (non-hydrogen) atoms. The maximum atomic E-state index is 9.59. The molecule has 0 spiro atoms. The standard InChI is InChI=1S/C14H24N4O/c1-2-12-9-16-14(17-10-12)15-6-4-8-18-7-3-5-13(19)11-18/h9-10,13,19H,2-8,11H2,1H3,(H,15,16,17). The molecule has 2 N–H and O–H groups in total. The van der Waals surface area contributed by atoms with Gasteiger partial charge in [-0.1, -0.05) is 6.92 Å². The van der Waals surface area contributed by atoms with Gasteiger partial charge in [0.2, 0.25) is 5.95 Å². The summed E-state index contributed by atoms with van der Waals surface area (Å²) in [6, 6.07) is 0. The first-order chi connectivity index (χ1) is 9.28. The van der Waals surface area contributed by atoms with Crippen LogP contribution in [0.2, 0.25) is 0 Å². The number of piperidine rings is 1. The van der Waals surface area contributed by atoms with Crippen molar-refractivity contribution in [3.63, 3.8) is 0 Å². The first-order valence-corrected chi connectivity index (χ1v) is 7.23. The molecule has 5 nitrogen and oxygen atoms in total. The summed E-state index contributed by atoms with van der Waals surface area (Å²) in [4.78, 5) is 10.9. The number of aryl methyl sites for hydroxylation is 1. The van der Waals surface area contributed by atoms with E-state index in [1.165, 1.54) is 0 Å². The fourth-order valence-corrected chi connectivity index (χ4v) is 2.37. The summed E-state index contributed by atoms with van der Waals surface area (Å²) in [5.41, 5.74) is 1.16. The molecule has 0 amide bonds. The second kappa shape index (κ2) is 7.40. The Balaban J connectivity index is 1.63. The van der Waals surface area contributed by atoms with Crippen LogP contribution < -0.4 is 5.32 Å². The van der Waals surface area contributed by atoms with Gasteiger partial charge in [-0.25, -0.2) is 9.97 Å². The van der Waals surface area contributed by atoms with Crippen molar-refractivity contribution >= 4 is 5.95 Å². The first-order valence-electron chi connectivity index (χ1n) is 7.23. The molecule has 1 aliphatic heterocycles. The molecule has 1 aromatic rings. The molecule has 1 unspecified atom stereocenters. The molecule has 1 atom stereocenters. The first kappa shape index (κ1) is 14.2. The molecular formula is C14H24N4O. The number of β-amino-alcohol motifs (C(OH)–C–C–N with tert-alkyl or cyclic N) is 1. The molecule has 5 heteroatoms. The Morgan fingerprint density at radius 1 is 1.42 bits per heavy atom. The average molecular weight is 264 g/mol. The van der Waals surface area contributed by atoms with Gasteiger partial charge in [-0.2, -0.15) is 0 Å². The SMILES string of the molecule is CCc1cnc(NCCCN2CCCC(O)C2)nc1. The van der Waals surface area contributed by atoms with Crippen molar-refractivity contribution in [1.82, 2.24) is 14.9 Å². The van der Waals surface area contributed by atoms with Gasteiger partial charge >= 0.3 is 0 Å². The largest absolute Gasteiger partial charge is 0.392 e. The summed E-state index contributed by atoms with van der Waals surface area (Å²) in [7, 11) is 0. The van der Waals surface area contributed by atoms with Crippen LogP contribution in [0.15, 0.2) is 12.4 Å². The zero-order valence-electron chi connectivity index (χ0n) is 11.7. The zero-order valence-corrected chi connectivity index (χ0v) is 11.7. The van der Waals surface area contributed by atoms with Crippen LogP contribution in [-0.2, 0) is 6.42 Å². The molecule has 1 saturated heterocycles. The molecule has 0 aliphatic carbocycles. The van der Waals surface area contributed by atoms with Gasteiger partial charge in [0.25, 0.3) is 0 Å². The molecule has 1 fully saturated rings. The highest BCUT2D eigenvalue weighted by Gasteiger charge is 2.16. The number of hydrogen-bond acceptors (Lipinski definition) is 5. The Labute approximate surface area is 115 Å². The average Bonchev–Trinajstić information content (AvgIpc) is 2.44. The number of aliphatic hydroxyl groups excluding tert-OH is 1. The number of nitrogens with one attached hydrogen (secondary N) is 1. The van der Waals surface area contributed by atoms with E-state index in [0.29, 0.717) is 5.95 Å². The van der Waals surface area contributed by atoms with E-state index < -0.39 is 0 Å². The highest BCUT2D eigenvalue weighted by molar-refractivity contribution is 5.24. The Bertz CT molecular complexity index is 368. The monoisotopic (exact) mass is 264 g/mol. The van der Waals surface area contributed by atoms with Crippen LogP contribution in [-0.4, -0.2) is 52.3 Å². The van der Waals surface area contributed by atoms with E-state index in [0.717, 1.165) is 57.4 Å². The van der Waals surface area contributed by atoms with Crippen LogP contribution in [0.1, 0.15) is 31.7 Å². The van der Waals surface area contributed by atoms with Crippen molar-refractivity contribution in [2.24, 2.45) is 0 Å². The Kier molecular flexibility index (Phi) is 5.54. The maximum absolute atomic E-state index is 9.59. The topological polar surface area (TPSA) is 61.3 Å². The van der Waals surface area contributed by atoms with Gasteiger partial charge in [-0.15, -0.1) is 0 Å². The van der Waals surface area contributed by atoms with Gasteiger partial charge in [0.05, 0.1) is 6.10 Å². The molecule has 2 heterocycles. The molecule has 0 radical (unpaired) electrons. The molecule has 106 valence electrons. The predicted molar refractivity (Wildman–Crippen MR) is 76.2 cm³/mol. The van der Waals surface area contributed by atoms with Crippen LogP contribution in [0.4, 0.5) is 5.95 Å². The van der Waals surface area contributed by atoms with E-state index in [9.17, 15) is 5.11 Å². The third-order valence-corrected chi connectivity index (χ3v) is 3.53. The van der Waals surface area contributed by atoms with Gasteiger partial charge in [0, 0.05) is 25.5 Å².